The SMILES string of the molecule is Cc1cccc(-c2nc3cc(NC(=O)c4cc(C(=O)NCc5ccc(F)c(F)c5)c(F)cc4Cl)ccc3o2)c1. The highest BCUT2D eigenvalue weighted by Crippen LogP contribution is 2.28. The van der Waals surface area contributed by atoms with Crippen LogP contribution in [0.4, 0.5) is 18.9 Å². The lowest BCUT2D eigenvalue weighted by Crippen LogP contribution is -2.25. The topological polar surface area (TPSA) is 84.2 Å². The predicted molar refractivity (Wildman–Crippen MR) is 141 cm³/mol. The van der Waals surface area contributed by atoms with Gasteiger partial charge in [-0.05, 0) is 67.1 Å². The molecule has 5 rings (SSSR count). The van der Waals surface area contributed by atoms with E-state index in [4.69, 9.17) is 16.0 Å². The number of nitrogens with one attached hydrogen (secondary N) is 2. The fraction of sp³-hybridized carbons (Fsp3) is 0.0690. The van der Waals surface area contributed by atoms with Crippen LogP contribution in [-0.2, 0) is 6.54 Å². The van der Waals surface area contributed by atoms with Gasteiger partial charge in [0, 0.05) is 17.8 Å². The number of aromatic nitrogens is 1. The molecule has 2 N–H and O–H groups in total. The van der Waals surface area contributed by atoms with Crippen molar-refractivity contribution in [3.8, 4) is 11.5 Å². The Morgan fingerprint density at radius 3 is 2.46 bits per heavy atom. The van der Waals surface area contributed by atoms with E-state index < -0.39 is 34.8 Å². The molecule has 0 saturated carbocycles. The van der Waals surface area contributed by atoms with E-state index in [0.29, 0.717) is 22.7 Å². The number of amides is 2. The van der Waals surface area contributed by atoms with Gasteiger partial charge in [-0.3, -0.25) is 9.59 Å². The van der Waals surface area contributed by atoms with Crippen molar-refractivity contribution >= 4 is 40.2 Å². The van der Waals surface area contributed by atoms with Gasteiger partial charge in [-0.15, -0.1) is 0 Å². The molecule has 0 atom stereocenters. The zero-order valence-electron chi connectivity index (χ0n) is 20.3. The predicted octanol–water partition coefficient (Wildman–Crippen LogP) is 7.06. The maximum atomic E-state index is 14.6. The molecule has 0 fully saturated rings. The van der Waals surface area contributed by atoms with Crippen LogP contribution in [0, 0.1) is 24.4 Å². The Morgan fingerprint density at radius 1 is 0.872 bits per heavy atom. The summed E-state index contributed by atoms with van der Waals surface area (Å²) >= 11 is 6.11. The summed E-state index contributed by atoms with van der Waals surface area (Å²) in [5.41, 5.74) is 2.95. The second-order valence-electron chi connectivity index (χ2n) is 8.77. The summed E-state index contributed by atoms with van der Waals surface area (Å²) in [6.07, 6.45) is 0. The van der Waals surface area contributed by atoms with Crippen molar-refractivity contribution in [1.29, 1.82) is 0 Å². The molecule has 196 valence electrons. The minimum Gasteiger partial charge on any atom is -0.436 e. The fourth-order valence-electron chi connectivity index (χ4n) is 3.93. The number of halogens is 4. The molecule has 2 amide bonds. The molecule has 0 aliphatic rings. The van der Waals surface area contributed by atoms with Gasteiger partial charge in [0.25, 0.3) is 11.8 Å². The highest BCUT2D eigenvalue weighted by atomic mass is 35.5. The Morgan fingerprint density at radius 2 is 1.69 bits per heavy atom. The molecule has 0 aliphatic heterocycles. The second kappa shape index (κ2) is 10.6. The van der Waals surface area contributed by atoms with Crippen molar-refractivity contribution in [1.82, 2.24) is 10.3 Å². The first-order chi connectivity index (χ1) is 18.7. The number of hydrogen-bond donors (Lipinski definition) is 2. The van der Waals surface area contributed by atoms with E-state index in [-0.39, 0.29) is 22.7 Å². The monoisotopic (exact) mass is 549 g/mol. The Kier molecular flexibility index (Phi) is 7.08. The lowest BCUT2D eigenvalue weighted by atomic mass is 10.1. The summed E-state index contributed by atoms with van der Waals surface area (Å²) in [5, 5.41) is 4.88. The average molecular weight is 550 g/mol. The van der Waals surface area contributed by atoms with Crippen LogP contribution >= 0.6 is 11.6 Å². The van der Waals surface area contributed by atoms with Gasteiger partial charge in [-0.25, -0.2) is 18.2 Å². The van der Waals surface area contributed by atoms with Crippen LogP contribution in [-0.4, -0.2) is 16.8 Å². The average Bonchev–Trinajstić information content (AvgIpc) is 3.33. The molecule has 0 unspecified atom stereocenters. The lowest BCUT2D eigenvalue weighted by Gasteiger charge is -2.11. The maximum Gasteiger partial charge on any atom is 0.257 e. The van der Waals surface area contributed by atoms with E-state index in [2.05, 4.69) is 15.6 Å². The zero-order valence-corrected chi connectivity index (χ0v) is 21.1. The van der Waals surface area contributed by atoms with Gasteiger partial charge < -0.3 is 15.1 Å². The van der Waals surface area contributed by atoms with E-state index >= 15 is 0 Å². The molecular weight excluding hydrogens is 531 g/mol. The van der Waals surface area contributed by atoms with E-state index in [0.717, 1.165) is 35.4 Å². The van der Waals surface area contributed by atoms with Crippen molar-refractivity contribution < 1.29 is 27.2 Å². The minimum absolute atomic E-state index is 0.142. The summed E-state index contributed by atoms with van der Waals surface area (Å²) in [6, 6.07) is 17.6. The van der Waals surface area contributed by atoms with Crippen molar-refractivity contribution in [2.24, 2.45) is 0 Å². The van der Waals surface area contributed by atoms with Crippen molar-refractivity contribution in [3.05, 3.63) is 118 Å². The number of fused-ring (bicyclic) bond motifs is 1. The molecule has 39 heavy (non-hydrogen) atoms. The van der Waals surface area contributed by atoms with Gasteiger partial charge in [0.1, 0.15) is 11.3 Å². The van der Waals surface area contributed by atoms with Crippen LogP contribution < -0.4 is 10.6 Å². The largest absolute Gasteiger partial charge is 0.436 e. The molecule has 0 aliphatic carbocycles. The van der Waals surface area contributed by atoms with Crippen LogP contribution in [0.1, 0.15) is 31.8 Å². The van der Waals surface area contributed by atoms with E-state index in [1.54, 1.807) is 18.2 Å². The van der Waals surface area contributed by atoms with Gasteiger partial charge in [0.05, 0.1) is 16.1 Å². The number of hydrogen-bond acceptors (Lipinski definition) is 4. The third-order valence-electron chi connectivity index (χ3n) is 5.89. The molecule has 0 spiro atoms. The van der Waals surface area contributed by atoms with Gasteiger partial charge >= 0.3 is 0 Å². The summed E-state index contributed by atoms with van der Waals surface area (Å²) in [6.45, 7) is 1.77. The van der Waals surface area contributed by atoms with Crippen LogP contribution in [0.25, 0.3) is 22.6 Å². The number of rotatable bonds is 6. The molecule has 1 aromatic heterocycles. The van der Waals surface area contributed by atoms with E-state index in [1.165, 1.54) is 6.07 Å². The molecule has 4 aromatic carbocycles. The number of aryl methyl sites for hydroxylation is 1. The van der Waals surface area contributed by atoms with Crippen LogP contribution in [0.3, 0.4) is 0 Å². The summed E-state index contributed by atoms with van der Waals surface area (Å²) in [4.78, 5) is 30.1. The molecule has 6 nitrogen and oxygen atoms in total. The zero-order chi connectivity index (χ0) is 27.7. The van der Waals surface area contributed by atoms with Gasteiger partial charge in [0.15, 0.2) is 17.2 Å². The third kappa shape index (κ3) is 5.63. The van der Waals surface area contributed by atoms with E-state index in [1.807, 2.05) is 31.2 Å². The summed E-state index contributed by atoms with van der Waals surface area (Å²) in [7, 11) is 0. The molecular formula is C29H19ClF3N3O3. The standard InChI is InChI=1S/C29H19ClF3N3O3/c1-15-3-2-4-17(9-15)29-36-25-11-18(6-8-26(25)39-29)35-28(38)19-12-20(23(32)13-21(19)30)27(37)34-14-16-5-7-22(31)24(33)10-16/h2-13H,14H2,1H3,(H,34,37)(H,35,38). The van der Waals surface area contributed by atoms with Gasteiger partial charge in [-0.1, -0.05) is 35.4 Å². The molecule has 1 heterocycles. The highest BCUT2D eigenvalue weighted by Gasteiger charge is 2.20. The molecule has 0 bridgehead atoms. The first kappa shape index (κ1) is 26.0. The number of carbonyl (C=O) groups is 2. The Labute approximate surface area is 225 Å². The number of nitrogens with zero attached hydrogens (tertiary/aromatic N) is 1. The molecule has 5 aromatic rings. The van der Waals surface area contributed by atoms with Crippen molar-refractivity contribution in [3.63, 3.8) is 0 Å². The molecule has 10 heteroatoms. The van der Waals surface area contributed by atoms with Crippen molar-refractivity contribution in [2.75, 3.05) is 5.32 Å². The molecule has 0 saturated heterocycles. The van der Waals surface area contributed by atoms with Crippen LogP contribution in [0.5, 0.6) is 0 Å². The molecule has 0 radical (unpaired) electrons. The fourth-order valence-corrected chi connectivity index (χ4v) is 4.17. The summed E-state index contributed by atoms with van der Waals surface area (Å²) in [5.74, 6) is -4.18. The second-order valence-corrected chi connectivity index (χ2v) is 9.18. The normalized spacial score (nSPS) is 11.0. The highest BCUT2D eigenvalue weighted by molar-refractivity contribution is 6.34. The maximum absolute atomic E-state index is 14.6. The Balaban J connectivity index is 1.34. The third-order valence-corrected chi connectivity index (χ3v) is 6.21. The number of anilines is 1. The number of benzene rings is 4. The van der Waals surface area contributed by atoms with Crippen molar-refractivity contribution in [2.45, 2.75) is 13.5 Å². The van der Waals surface area contributed by atoms with Crippen LogP contribution in [0.2, 0.25) is 5.02 Å². The Hall–Kier alpha value is -4.63. The van der Waals surface area contributed by atoms with E-state index in [9.17, 15) is 22.8 Å². The number of carbonyl (C=O) groups excluding carboxylic acids is 2. The van der Waals surface area contributed by atoms with Gasteiger partial charge in [-0.2, -0.15) is 0 Å². The smallest absolute Gasteiger partial charge is 0.257 e. The number of oxazole rings is 1. The Bertz CT molecular complexity index is 1750. The summed E-state index contributed by atoms with van der Waals surface area (Å²) < 4.78 is 46.9. The lowest BCUT2D eigenvalue weighted by molar-refractivity contribution is 0.0947. The van der Waals surface area contributed by atoms with Gasteiger partial charge in [0.2, 0.25) is 5.89 Å². The first-order valence-corrected chi connectivity index (χ1v) is 12.1. The quantitative estimate of drug-likeness (QED) is 0.237. The first-order valence-electron chi connectivity index (χ1n) is 11.7. The minimum atomic E-state index is -1.08. The van der Waals surface area contributed by atoms with Crippen LogP contribution in [0.15, 0.2) is 77.2 Å².